The van der Waals surface area contributed by atoms with E-state index in [1.165, 1.54) is 0 Å². The van der Waals surface area contributed by atoms with E-state index in [9.17, 15) is 9.59 Å². The van der Waals surface area contributed by atoms with Crippen LogP contribution in [0.2, 0.25) is 0 Å². The summed E-state index contributed by atoms with van der Waals surface area (Å²) < 4.78 is 0. The molecule has 0 radical (unpaired) electrons. The summed E-state index contributed by atoms with van der Waals surface area (Å²) in [6.45, 7) is 2.33. The second kappa shape index (κ2) is 8.95. The fourth-order valence-corrected chi connectivity index (χ4v) is 3.23. The molecule has 2 heterocycles. The number of pyridine rings is 1. The van der Waals surface area contributed by atoms with E-state index >= 15 is 0 Å². The topological polar surface area (TPSA) is 77.3 Å². The molecule has 27 heavy (non-hydrogen) atoms. The Bertz CT molecular complexity index is 845. The fraction of sp³-hybridized carbons (Fsp3) is 0.333. The van der Waals surface area contributed by atoms with Crippen LogP contribution in [0.4, 0.5) is 0 Å². The number of aromatic nitrogens is 1. The number of hydrogen-bond donors (Lipinski definition) is 0. The van der Waals surface area contributed by atoms with Gasteiger partial charge in [-0.15, -0.1) is 0 Å². The van der Waals surface area contributed by atoms with Crippen LogP contribution < -0.4 is 0 Å². The Kier molecular flexibility index (Phi) is 6.16. The van der Waals surface area contributed by atoms with E-state index in [4.69, 9.17) is 5.26 Å². The van der Waals surface area contributed by atoms with E-state index < -0.39 is 0 Å². The van der Waals surface area contributed by atoms with Crippen molar-refractivity contribution >= 4 is 11.8 Å². The number of aryl methyl sites for hydroxylation is 1. The minimum Gasteiger partial charge on any atom is -0.341 e. The molecular weight excluding hydrogens is 340 g/mol. The van der Waals surface area contributed by atoms with Crippen molar-refractivity contribution in [2.45, 2.75) is 19.3 Å². The Morgan fingerprint density at radius 1 is 1.04 bits per heavy atom. The third-order valence-electron chi connectivity index (χ3n) is 4.75. The minimum absolute atomic E-state index is 0.0850. The lowest BCUT2D eigenvalue weighted by Crippen LogP contribution is -2.37. The highest BCUT2D eigenvalue weighted by Crippen LogP contribution is 2.12. The number of carbonyl (C=O) groups is 2. The monoisotopic (exact) mass is 362 g/mol. The molecule has 0 aliphatic carbocycles. The third-order valence-corrected chi connectivity index (χ3v) is 4.75. The zero-order chi connectivity index (χ0) is 19.1. The van der Waals surface area contributed by atoms with Crippen molar-refractivity contribution in [3.63, 3.8) is 0 Å². The van der Waals surface area contributed by atoms with Crippen molar-refractivity contribution in [1.29, 1.82) is 5.26 Å². The molecule has 0 atom stereocenters. The first-order chi connectivity index (χ1) is 13.2. The van der Waals surface area contributed by atoms with E-state index in [0.717, 1.165) is 12.0 Å². The van der Waals surface area contributed by atoms with Gasteiger partial charge in [0.05, 0.1) is 11.6 Å². The average molecular weight is 362 g/mol. The summed E-state index contributed by atoms with van der Waals surface area (Å²) in [5.41, 5.74) is 2.09. The fourth-order valence-electron chi connectivity index (χ4n) is 3.23. The smallest absolute Gasteiger partial charge is 0.253 e. The van der Waals surface area contributed by atoms with Crippen molar-refractivity contribution in [3.05, 3.63) is 65.5 Å². The molecule has 0 unspecified atom stereocenters. The Morgan fingerprint density at radius 2 is 1.78 bits per heavy atom. The van der Waals surface area contributed by atoms with Crippen LogP contribution in [0.5, 0.6) is 0 Å². The van der Waals surface area contributed by atoms with Crippen LogP contribution in [0.3, 0.4) is 0 Å². The molecule has 1 saturated heterocycles. The van der Waals surface area contributed by atoms with Gasteiger partial charge in [-0.1, -0.05) is 6.07 Å². The molecule has 6 nitrogen and oxygen atoms in total. The molecule has 138 valence electrons. The van der Waals surface area contributed by atoms with Crippen LogP contribution >= 0.6 is 0 Å². The molecule has 0 N–H and O–H groups in total. The summed E-state index contributed by atoms with van der Waals surface area (Å²) in [5, 5.41) is 9.01. The quantitative estimate of drug-likeness (QED) is 0.836. The average Bonchev–Trinajstić information content (AvgIpc) is 2.98. The van der Waals surface area contributed by atoms with Crippen molar-refractivity contribution in [3.8, 4) is 6.07 Å². The van der Waals surface area contributed by atoms with Gasteiger partial charge >= 0.3 is 0 Å². The van der Waals surface area contributed by atoms with E-state index in [2.05, 4.69) is 11.1 Å². The van der Waals surface area contributed by atoms with Crippen LogP contribution in [-0.2, 0) is 11.2 Å². The molecule has 1 fully saturated rings. The van der Waals surface area contributed by atoms with Crippen LogP contribution in [0.15, 0.2) is 48.8 Å². The predicted octanol–water partition coefficient (Wildman–Crippen LogP) is 2.26. The van der Waals surface area contributed by atoms with Gasteiger partial charge in [-0.3, -0.25) is 14.6 Å². The Hall–Kier alpha value is -3.20. The van der Waals surface area contributed by atoms with E-state index in [0.29, 0.717) is 50.1 Å². The largest absolute Gasteiger partial charge is 0.341 e. The van der Waals surface area contributed by atoms with Gasteiger partial charge in [0.1, 0.15) is 0 Å². The van der Waals surface area contributed by atoms with Crippen LogP contribution in [0.25, 0.3) is 0 Å². The highest BCUT2D eigenvalue weighted by atomic mass is 16.2. The number of rotatable bonds is 4. The standard InChI is InChI=1S/C21H22N4O2/c22-16-18-3-1-4-19(15-18)21(27)25-12-2-11-24(13-14-25)20(26)6-5-17-7-9-23-10-8-17/h1,3-4,7-10,15H,2,5-6,11-14H2. The maximum Gasteiger partial charge on any atom is 0.253 e. The molecule has 1 aromatic heterocycles. The summed E-state index contributed by atoms with van der Waals surface area (Å²) in [4.78, 5) is 32.8. The maximum atomic E-state index is 12.7. The number of nitrogens with zero attached hydrogens (tertiary/aromatic N) is 4. The van der Waals surface area contributed by atoms with Gasteiger partial charge in [0.2, 0.25) is 5.91 Å². The highest BCUT2D eigenvalue weighted by Gasteiger charge is 2.22. The summed E-state index contributed by atoms with van der Waals surface area (Å²) in [6.07, 6.45) is 5.38. The van der Waals surface area contributed by atoms with E-state index in [-0.39, 0.29) is 11.8 Å². The molecule has 3 rings (SSSR count). The molecule has 2 aromatic rings. The minimum atomic E-state index is -0.0850. The first-order valence-electron chi connectivity index (χ1n) is 9.13. The number of amides is 2. The normalized spacial score (nSPS) is 14.3. The van der Waals surface area contributed by atoms with Gasteiger partial charge in [0, 0.05) is 50.6 Å². The molecule has 1 aliphatic heterocycles. The Balaban J connectivity index is 1.55. The first-order valence-corrected chi connectivity index (χ1v) is 9.13. The second-order valence-electron chi connectivity index (χ2n) is 6.57. The number of nitriles is 1. The highest BCUT2D eigenvalue weighted by molar-refractivity contribution is 5.94. The molecular formula is C21H22N4O2. The lowest BCUT2D eigenvalue weighted by Gasteiger charge is -2.22. The first kappa shape index (κ1) is 18.6. The van der Waals surface area contributed by atoms with Crippen molar-refractivity contribution in [1.82, 2.24) is 14.8 Å². The van der Waals surface area contributed by atoms with Crippen LogP contribution in [0, 0.1) is 11.3 Å². The van der Waals surface area contributed by atoms with E-state index in [1.54, 1.807) is 41.6 Å². The molecule has 2 amide bonds. The Labute approximate surface area is 159 Å². The number of carbonyl (C=O) groups excluding carboxylic acids is 2. The zero-order valence-corrected chi connectivity index (χ0v) is 15.2. The SMILES string of the molecule is N#Cc1cccc(C(=O)N2CCCN(C(=O)CCc3ccncc3)CC2)c1. The summed E-state index contributed by atoms with van der Waals surface area (Å²) >= 11 is 0. The summed E-state index contributed by atoms with van der Waals surface area (Å²) in [5.74, 6) is 0.0331. The number of hydrogen-bond acceptors (Lipinski definition) is 4. The summed E-state index contributed by atoms with van der Waals surface area (Å²) in [6, 6.07) is 12.7. The lowest BCUT2D eigenvalue weighted by atomic mass is 10.1. The predicted molar refractivity (Wildman–Crippen MR) is 101 cm³/mol. The maximum absolute atomic E-state index is 12.7. The van der Waals surface area contributed by atoms with Gasteiger partial charge in [0.25, 0.3) is 5.91 Å². The molecule has 0 saturated carbocycles. The van der Waals surface area contributed by atoms with Gasteiger partial charge in [-0.2, -0.15) is 5.26 Å². The van der Waals surface area contributed by atoms with E-state index in [1.807, 2.05) is 17.0 Å². The Morgan fingerprint density at radius 3 is 2.56 bits per heavy atom. The van der Waals surface area contributed by atoms with Gasteiger partial charge in [0.15, 0.2) is 0 Å². The van der Waals surface area contributed by atoms with Crippen molar-refractivity contribution in [2.24, 2.45) is 0 Å². The van der Waals surface area contributed by atoms with Crippen LogP contribution in [0.1, 0.15) is 34.3 Å². The lowest BCUT2D eigenvalue weighted by molar-refractivity contribution is -0.131. The van der Waals surface area contributed by atoms with Gasteiger partial charge in [-0.25, -0.2) is 0 Å². The second-order valence-corrected chi connectivity index (χ2v) is 6.57. The summed E-state index contributed by atoms with van der Waals surface area (Å²) in [7, 11) is 0. The van der Waals surface area contributed by atoms with Crippen LogP contribution in [-0.4, -0.2) is 52.8 Å². The number of benzene rings is 1. The third kappa shape index (κ3) is 4.91. The van der Waals surface area contributed by atoms with Gasteiger partial charge in [-0.05, 0) is 48.7 Å². The molecule has 0 spiro atoms. The zero-order valence-electron chi connectivity index (χ0n) is 15.2. The molecule has 6 heteroatoms. The molecule has 0 bridgehead atoms. The van der Waals surface area contributed by atoms with Gasteiger partial charge < -0.3 is 9.80 Å². The van der Waals surface area contributed by atoms with Crippen molar-refractivity contribution < 1.29 is 9.59 Å². The molecule has 1 aliphatic rings. The van der Waals surface area contributed by atoms with Crippen molar-refractivity contribution in [2.75, 3.05) is 26.2 Å². The molecule has 1 aromatic carbocycles.